The van der Waals surface area contributed by atoms with Crippen LogP contribution in [-0.4, -0.2) is 23.5 Å². The molecule has 112 valence electrons. The van der Waals surface area contributed by atoms with Crippen molar-refractivity contribution in [3.05, 3.63) is 46.2 Å². The minimum absolute atomic E-state index is 0.0875. The average molecular weight is 287 g/mol. The summed E-state index contributed by atoms with van der Waals surface area (Å²) in [5.41, 5.74) is 6.46. The average Bonchev–Trinajstić information content (AvgIpc) is 2.44. The van der Waals surface area contributed by atoms with Crippen molar-refractivity contribution >= 4 is 16.8 Å². The quantitative estimate of drug-likeness (QED) is 0.781. The zero-order valence-electron chi connectivity index (χ0n) is 12.3. The maximum absolute atomic E-state index is 12.4. The molecule has 0 aliphatic heterocycles. The lowest BCUT2D eigenvalue weighted by molar-refractivity contribution is 0.0935. The van der Waals surface area contributed by atoms with Gasteiger partial charge in [-0.05, 0) is 18.4 Å². The highest BCUT2D eigenvalue weighted by Gasteiger charge is 2.16. The van der Waals surface area contributed by atoms with Crippen LogP contribution in [-0.2, 0) is 0 Å². The molecule has 1 aromatic carbocycles. The molecule has 1 unspecified atom stereocenters. The van der Waals surface area contributed by atoms with E-state index in [0.29, 0.717) is 23.5 Å². The molecule has 0 aliphatic carbocycles. The number of aromatic amines is 1. The van der Waals surface area contributed by atoms with E-state index in [1.54, 1.807) is 6.07 Å². The van der Waals surface area contributed by atoms with Gasteiger partial charge in [-0.3, -0.25) is 9.59 Å². The zero-order valence-corrected chi connectivity index (χ0v) is 12.3. The molecule has 0 saturated carbocycles. The maximum Gasteiger partial charge on any atom is 0.252 e. The van der Waals surface area contributed by atoms with Gasteiger partial charge in [-0.15, -0.1) is 0 Å². The van der Waals surface area contributed by atoms with E-state index in [2.05, 4.69) is 24.1 Å². The Morgan fingerprint density at radius 1 is 1.33 bits per heavy atom. The number of nitrogens with one attached hydrogen (secondary N) is 2. The maximum atomic E-state index is 12.4. The number of aromatic nitrogens is 1. The monoisotopic (exact) mass is 287 g/mol. The van der Waals surface area contributed by atoms with Gasteiger partial charge in [0.2, 0.25) is 5.56 Å². The van der Waals surface area contributed by atoms with Gasteiger partial charge in [0.15, 0.2) is 0 Å². The number of nitrogens with two attached hydrogens (primary N) is 1. The standard InChI is InChI=1S/C16H21N3O2/c1-10(2)7-11(9-17)18-16(21)13-8-15(20)19-14-6-4-3-5-12(13)14/h3-6,8,10-11H,7,9,17H2,1-2H3,(H,18,21)(H,19,20). The van der Waals surface area contributed by atoms with Gasteiger partial charge in [-0.1, -0.05) is 32.0 Å². The predicted molar refractivity (Wildman–Crippen MR) is 84.3 cm³/mol. The third kappa shape index (κ3) is 3.70. The fraction of sp³-hybridized carbons (Fsp3) is 0.375. The molecule has 0 spiro atoms. The summed E-state index contributed by atoms with van der Waals surface area (Å²) in [6, 6.07) is 8.51. The highest BCUT2D eigenvalue weighted by atomic mass is 16.2. The van der Waals surface area contributed by atoms with Gasteiger partial charge < -0.3 is 16.0 Å². The molecule has 1 aromatic heterocycles. The van der Waals surface area contributed by atoms with Crippen molar-refractivity contribution in [3.8, 4) is 0 Å². The SMILES string of the molecule is CC(C)CC(CN)NC(=O)c1cc(=O)[nH]c2ccccc12. The van der Waals surface area contributed by atoms with Gasteiger partial charge in [0.25, 0.3) is 5.91 Å². The molecular formula is C16H21N3O2. The van der Waals surface area contributed by atoms with Gasteiger partial charge in [-0.2, -0.15) is 0 Å². The van der Waals surface area contributed by atoms with Crippen LogP contribution in [0.2, 0.25) is 0 Å². The third-order valence-electron chi connectivity index (χ3n) is 3.37. The normalized spacial score (nSPS) is 12.6. The predicted octanol–water partition coefficient (Wildman–Crippen LogP) is 1.63. The van der Waals surface area contributed by atoms with Crippen LogP contribution >= 0.6 is 0 Å². The first-order chi connectivity index (χ1) is 10.0. The Bertz CT molecular complexity index is 691. The van der Waals surface area contributed by atoms with Crippen LogP contribution in [0.15, 0.2) is 35.1 Å². The van der Waals surface area contributed by atoms with Gasteiger partial charge in [0.1, 0.15) is 0 Å². The number of amides is 1. The van der Waals surface area contributed by atoms with Crippen molar-refractivity contribution in [2.24, 2.45) is 11.7 Å². The lowest BCUT2D eigenvalue weighted by Crippen LogP contribution is -2.41. The van der Waals surface area contributed by atoms with E-state index in [1.807, 2.05) is 18.2 Å². The lowest BCUT2D eigenvalue weighted by atomic mass is 10.0. The molecule has 21 heavy (non-hydrogen) atoms. The van der Waals surface area contributed by atoms with Crippen molar-refractivity contribution in [2.75, 3.05) is 6.54 Å². The van der Waals surface area contributed by atoms with Crippen LogP contribution in [0.1, 0.15) is 30.6 Å². The largest absolute Gasteiger partial charge is 0.348 e. The lowest BCUT2D eigenvalue weighted by Gasteiger charge is -2.19. The van der Waals surface area contributed by atoms with Gasteiger partial charge in [0, 0.05) is 29.6 Å². The number of pyridine rings is 1. The van der Waals surface area contributed by atoms with Gasteiger partial charge in [0.05, 0.1) is 5.56 Å². The molecule has 4 N–H and O–H groups in total. The summed E-state index contributed by atoms with van der Waals surface area (Å²) in [5.74, 6) is 0.183. The number of fused-ring (bicyclic) bond motifs is 1. The van der Waals surface area contributed by atoms with Crippen LogP contribution in [0.3, 0.4) is 0 Å². The molecule has 0 radical (unpaired) electrons. The first-order valence-corrected chi connectivity index (χ1v) is 7.14. The molecule has 0 saturated heterocycles. The zero-order chi connectivity index (χ0) is 15.4. The van der Waals surface area contributed by atoms with Crippen molar-refractivity contribution in [2.45, 2.75) is 26.3 Å². The second-order valence-corrected chi connectivity index (χ2v) is 5.63. The highest BCUT2D eigenvalue weighted by Crippen LogP contribution is 2.15. The van der Waals surface area contributed by atoms with Crippen molar-refractivity contribution < 1.29 is 4.79 Å². The van der Waals surface area contributed by atoms with Crippen LogP contribution in [0.4, 0.5) is 0 Å². The smallest absolute Gasteiger partial charge is 0.252 e. The molecule has 5 nitrogen and oxygen atoms in total. The third-order valence-corrected chi connectivity index (χ3v) is 3.37. The molecule has 1 atom stereocenters. The van der Waals surface area contributed by atoms with Crippen molar-refractivity contribution in [1.82, 2.24) is 10.3 Å². The summed E-state index contributed by atoms with van der Waals surface area (Å²) in [6.07, 6.45) is 0.809. The van der Waals surface area contributed by atoms with Gasteiger partial charge >= 0.3 is 0 Å². The number of rotatable bonds is 5. The van der Waals surface area contributed by atoms with E-state index in [4.69, 9.17) is 5.73 Å². The minimum atomic E-state index is -0.285. The van der Waals surface area contributed by atoms with E-state index in [0.717, 1.165) is 11.8 Å². The Labute approximate surface area is 123 Å². The molecular weight excluding hydrogens is 266 g/mol. The summed E-state index contributed by atoms with van der Waals surface area (Å²) in [7, 11) is 0. The van der Waals surface area contributed by atoms with E-state index in [-0.39, 0.29) is 17.5 Å². The fourth-order valence-corrected chi connectivity index (χ4v) is 2.44. The number of carbonyl (C=O) groups is 1. The number of para-hydroxylation sites is 1. The Balaban J connectivity index is 2.33. The topological polar surface area (TPSA) is 88.0 Å². The van der Waals surface area contributed by atoms with E-state index in [9.17, 15) is 9.59 Å². The summed E-state index contributed by atoms with van der Waals surface area (Å²) < 4.78 is 0. The minimum Gasteiger partial charge on any atom is -0.348 e. The van der Waals surface area contributed by atoms with Crippen LogP contribution < -0.4 is 16.6 Å². The van der Waals surface area contributed by atoms with Gasteiger partial charge in [-0.25, -0.2) is 0 Å². The molecule has 1 heterocycles. The molecule has 2 rings (SSSR count). The second kappa shape index (κ2) is 6.54. The van der Waals surface area contributed by atoms with Crippen LogP contribution in [0.5, 0.6) is 0 Å². The summed E-state index contributed by atoms with van der Waals surface area (Å²) in [6.45, 7) is 4.54. The van der Waals surface area contributed by atoms with E-state index < -0.39 is 0 Å². The first kappa shape index (κ1) is 15.3. The highest BCUT2D eigenvalue weighted by molar-refractivity contribution is 6.06. The molecule has 2 aromatic rings. The summed E-state index contributed by atoms with van der Waals surface area (Å²) in [4.78, 5) is 26.8. The Kier molecular flexibility index (Phi) is 4.75. The number of benzene rings is 1. The van der Waals surface area contributed by atoms with Crippen molar-refractivity contribution in [3.63, 3.8) is 0 Å². The number of H-pyrrole nitrogens is 1. The molecule has 1 amide bonds. The number of hydrogen-bond donors (Lipinski definition) is 3. The Morgan fingerprint density at radius 3 is 2.71 bits per heavy atom. The summed E-state index contributed by atoms with van der Waals surface area (Å²) in [5, 5.41) is 3.65. The Morgan fingerprint density at radius 2 is 2.05 bits per heavy atom. The molecule has 0 aliphatic rings. The first-order valence-electron chi connectivity index (χ1n) is 7.14. The molecule has 5 heteroatoms. The van der Waals surface area contributed by atoms with Crippen molar-refractivity contribution in [1.29, 1.82) is 0 Å². The summed E-state index contributed by atoms with van der Waals surface area (Å²) >= 11 is 0. The molecule has 0 bridgehead atoms. The van der Waals surface area contributed by atoms with Crippen LogP contribution in [0, 0.1) is 5.92 Å². The van der Waals surface area contributed by atoms with Crippen LogP contribution in [0.25, 0.3) is 10.9 Å². The van der Waals surface area contributed by atoms with E-state index >= 15 is 0 Å². The number of hydrogen-bond acceptors (Lipinski definition) is 3. The number of carbonyl (C=O) groups excluding carboxylic acids is 1. The molecule has 0 fully saturated rings. The van der Waals surface area contributed by atoms with E-state index in [1.165, 1.54) is 6.07 Å². The second-order valence-electron chi connectivity index (χ2n) is 5.63. The fourth-order valence-electron chi connectivity index (χ4n) is 2.44. The Hall–Kier alpha value is -2.14.